The molecule has 0 aliphatic rings. The molecule has 0 atom stereocenters. The molecule has 0 saturated heterocycles. The second-order valence-corrected chi connectivity index (χ2v) is 6.69. The zero-order valence-electron chi connectivity index (χ0n) is 13.7. The summed E-state index contributed by atoms with van der Waals surface area (Å²) in [6, 6.07) is 20.1. The van der Waals surface area contributed by atoms with E-state index in [4.69, 9.17) is 0 Å². The molecular weight excluding hydrogens is 254 g/mol. The fourth-order valence-corrected chi connectivity index (χ4v) is 2.56. The Morgan fingerprint density at radius 3 is 2.00 bits per heavy atom. The smallest absolute Gasteiger partial charge is 0.00103 e. The highest BCUT2D eigenvalue weighted by molar-refractivity contribution is 5.63. The summed E-state index contributed by atoms with van der Waals surface area (Å²) in [6.45, 7) is 10.1. The summed E-state index contributed by atoms with van der Waals surface area (Å²) in [5, 5.41) is 3.51. The van der Waals surface area contributed by atoms with Crippen molar-refractivity contribution in [3.05, 3.63) is 60.2 Å². The van der Waals surface area contributed by atoms with E-state index in [9.17, 15) is 0 Å². The maximum atomic E-state index is 3.51. The van der Waals surface area contributed by atoms with Gasteiger partial charge in [0.05, 0.1) is 0 Å². The van der Waals surface area contributed by atoms with E-state index in [2.05, 4.69) is 87.6 Å². The Morgan fingerprint density at radius 1 is 0.857 bits per heavy atom. The van der Waals surface area contributed by atoms with Crippen LogP contribution in [0, 0.1) is 0 Å². The zero-order chi connectivity index (χ0) is 15.3. The van der Waals surface area contributed by atoms with Crippen LogP contribution in [0.4, 0.5) is 0 Å². The lowest BCUT2D eigenvalue weighted by Crippen LogP contribution is -2.29. The normalized spacial score (nSPS) is 11.9. The van der Waals surface area contributed by atoms with Crippen LogP contribution in [0.25, 0.3) is 11.1 Å². The molecule has 2 aromatic carbocycles. The van der Waals surface area contributed by atoms with E-state index in [0.29, 0.717) is 6.04 Å². The molecule has 1 N–H and O–H groups in total. The lowest BCUT2D eigenvalue weighted by molar-refractivity contribution is 0.441. The highest BCUT2D eigenvalue weighted by Crippen LogP contribution is 2.29. The van der Waals surface area contributed by atoms with Gasteiger partial charge < -0.3 is 5.32 Å². The van der Waals surface area contributed by atoms with Crippen molar-refractivity contribution in [1.82, 2.24) is 5.32 Å². The highest BCUT2D eigenvalue weighted by Gasteiger charge is 2.20. The second-order valence-electron chi connectivity index (χ2n) is 6.69. The molecular formula is C20H27N. The van der Waals surface area contributed by atoms with E-state index in [1.807, 2.05) is 0 Å². The molecule has 1 heteroatoms. The maximum Gasteiger partial charge on any atom is 0.00103 e. The predicted molar refractivity (Wildman–Crippen MR) is 92.7 cm³/mol. The van der Waals surface area contributed by atoms with Crippen LogP contribution >= 0.6 is 0 Å². The van der Waals surface area contributed by atoms with Gasteiger partial charge in [0, 0.05) is 6.04 Å². The molecule has 2 aromatic rings. The van der Waals surface area contributed by atoms with E-state index in [-0.39, 0.29) is 5.41 Å². The van der Waals surface area contributed by atoms with Gasteiger partial charge >= 0.3 is 0 Å². The molecule has 112 valence electrons. The molecule has 0 fully saturated rings. The van der Waals surface area contributed by atoms with Gasteiger partial charge in [0.15, 0.2) is 0 Å². The van der Waals surface area contributed by atoms with Crippen LogP contribution in [0.1, 0.15) is 39.7 Å². The number of benzene rings is 2. The minimum Gasteiger partial charge on any atom is -0.315 e. The molecule has 0 unspecified atom stereocenters. The van der Waals surface area contributed by atoms with Gasteiger partial charge in [-0.05, 0) is 35.1 Å². The van der Waals surface area contributed by atoms with E-state index in [1.165, 1.54) is 16.7 Å². The molecule has 0 heterocycles. The molecule has 0 spiro atoms. The summed E-state index contributed by atoms with van der Waals surface area (Å²) in [6.07, 6.45) is 1.15. The minimum atomic E-state index is 0.205. The molecule has 1 nitrogen and oxygen atoms in total. The van der Waals surface area contributed by atoms with Gasteiger partial charge in [0.25, 0.3) is 0 Å². The molecule has 0 aliphatic heterocycles. The highest BCUT2D eigenvalue weighted by atomic mass is 14.9. The Kier molecular flexibility index (Phi) is 5.19. The van der Waals surface area contributed by atoms with E-state index < -0.39 is 0 Å². The van der Waals surface area contributed by atoms with Crippen LogP contribution in [0.3, 0.4) is 0 Å². The van der Waals surface area contributed by atoms with Crippen LogP contribution < -0.4 is 5.32 Å². The van der Waals surface area contributed by atoms with Crippen LogP contribution in [0.2, 0.25) is 0 Å². The molecule has 0 aromatic heterocycles. The fraction of sp³-hybridized carbons (Fsp3) is 0.400. The number of hydrogen-bond donors (Lipinski definition) is 1. The lowest BCUT2D eigenvalue weighted by atomic mass is 9.81. The van der Waals surface area contributed by atoms with Gasteiger partial charge in [-0.25, -0.2) is 0 Å². The summed E-state index contributed by atoms with van der Waals surface area (Å²) >= 11 is 0. The standard InChI is InChI=1S/C20H27N/c1-16(2)21-15-14-20(3,4)19-12-10-18(11-13-19)17-8-6-5-7-9-17/h5-13,16,21H,14-15H2,1-4H3. The van der Waals surface area contributed by atoms with Crippen molar-refractivity contribution in [1.29, 1.82) is 0 Å². The Bertz CT molecular complexity index is 538. The molecule has 0 aliphatic carbocycles. The average molecular weight is 281 g/mol. The predicted octanol–water partition coefficient (Wildman–Crippen LogP) is 5.02. The quantitative estimate of drug-likeness (QED) is 0.784. The van der Waals surface area contributed by atoms with Crippen LogP contribution in [0.15, 0.2) is 54.6 Å². The van der Waals surface area contributed by atoms with E-state index in [0.717, 1.165) is 13.0 Å². The van der Waals surface area contributed by atoms with Crippen molar-refractivity contribution in [3.8, 4) is 11.1 Å². The Balaban J connectivity index is 2.07. The van der Waals surface area contributed by atoms with Crippen molar-refractivity contribution < 1.29 is 0 Å². The van der Waals surface area contributed by atoms with Crippen LogP contribution in [-0.4, -0.2) is 12.6 Å². The lowest BCUT2D eigenvalue weighted by Gasteiger charge is -2.26. The first-order valence-corrected chi connectivity index (χ1v) is 7.88. The first-order valence-electron chi connectivity index (χ1n) is 7.88. The van der Waals surface area contributed by atoms with E-state index in [1.54, 1.807) is 0 Å². The molecule has 0 bridgehead atoms. The molecule has 0 radical (unpaired) electrons. The van der Waals surface area contributed by atoms with Crippen molar-refractivity contribution in [2.45, 2.75) is 45.6 Å². The van der Waals surface area contributed by atoms with Crippen molar-refractivity contribution in [2.24, 2.45) is 0 Å². The van der Waals surface area contributed by atoms with E-state index >= 15 is 0 Å². The third kappa shape index (κ3) is 4.44. The topological polar surface area (TPSA) is 12.0 Å². The molecule has 0 saturated carbocycles. The second kappa shape index (κ2) is 6.91. The van der Waals surface area contributed by atoms with Crippen molar-refractivity contribution in [3.63, 3.8) is 0 Å². The van der Waals surface area contributed by atoms with Crippen molar-refractivity contribution in [2.75, 3.05) is 6.54 Å². The van der Waals surface area contributed by atoms with Gasteiger partial charge in [0.1, 0.15) is 0 Å². The zero-order valence-corrected chi connectivity index (χ0v) is 13.7. The number of rotatable bonds is 6. The summed E-state index contributed by atoms with van der Waals surface area (Å²) in [5.41, 5.74) is 4.18. The van der Waals surface area contributed by atoms with Crippen LogP contribution in [0.5, 0.6) is 0 Å². The number of nitrogens with one attached hydrogen (secondary N) is 1. The average Bonchev–Trinajstić information content (AvgIpc) is 2.48. The SMILES string of the molecule is CC(C)NCCC(C)(C)c1ccc(-c2ccccc2)cc1. The maximum absolute atomic E-state index is 3.51. The van der Waals surface area contributed by atoms with Gasteiger partial charge in [-0.1, -0.05) is 82.3 Å². The summed E-state index contributed by atoms with van der Waals surface area (Å²) in [5.74, 6) is 0. The Labute approximate surface area is 129 Å². The van der Waals surface area contributed by atoms with Crippen molar-refractivity contribution >= 4 is 0 Å². The third-order valence-corrected chi connectivity index (χ3v) is 4.08. The van der Waals surface area contributed by atoms with Gasteiger partial charge in [0.2, 0.25) is 0 Å². The van der Waals surface area contributed by atoms with Gasteiger partial charge in [-0.2, -0.15) is 0 Å². The fourth-order valence-electron chi connectivity index (χ4n) is 2.56. The molecule has 21 heavy (non-hydrogen) atoms. The Morgan fingerprint density at radius 2 is 1.43 bits per heavy atom. The molecule has 2 rings (SSSR count). The summed E-state index contributed by atoms with van der Waals surface area (Å²) in [7, 11) is 0. The molecule has 0 amide bonds. The largest absolute Gasteiger partial charge is 0.315 e. The van der Waals surface area contributed by atoms with Gasteiger partial charge in [-0.3, -0.25) is 0 Å². The number of hydrogen-bond acceptors (Lipinski definition) is 1. The first-order chi connectivity index (χ1) is 9.99. The first kappa shape index (κ1) is 15.8. The third-order valence-electron chi connectivity index (χ3n) is 4.08. The minimum absolute atomic E-state index is 0.205. The monoisotopic (exact) mass is 281 g/mol. The van der Waals surface area contributed by atoms with Gasteiger partial charge in [-0.15, -0.1) is 0 Å². The Hall–Kier alpha value is -1.60. The van der Waals surface area contributed by atoms with Crippen LogP contribution in [-0.2, 0) is 5.41 Å². The summed E-state index contributed by atoms with van der Waals surface area (Å²) in [4.78, 5) is 0. The summed E-state index contributed by atoms with van der Waals surface area (Å²) < 4.78 is 0.